The molecule has 1 aromatic carbocycles. The van der Waals surface area contributed by atoms with Crippen LogP contribution in [0.3, 0.4) is 0 Å². The van der Waals surface area contributed by atoms with Gasteiger partial charge in [0.1, 0.15) is 5.75 Å². The number of para-hydroxylation sites is 1. The Morgan fingerprint density at radius 1 is 1.50 bits per heavy atom. The van der Waals surface area contributed by atoms with E-state index < -0.39 is 0 Å². The molecule has 0 fully saturated rings. The Bertz CT molecular complexity index is 310. The largest absolute Gasteiger partial charge is 0.493 e. The second kappa shape index (κ2) is 5.27. The molecule has 0 saturated heterocycles. The summed E-state index contributed by atoms with van der Waals surface area (Å²) in [5.41, 5.74) is 0.562. The molecule has 0 saturated carbocycles. The number of rotatable bonds is 4. The van der Waals surface area contributed by atoms with Crippen LogP contribution < -0.4 is 10.1 Å². The minimum atomic E-state index is -0.142. The van der Waals surface area contributed by atoms with E-state index in [-0.39, 0.29) is 5.91 Å². The molecule has 1 N–H and O–H groups in total. The maximum absolute atomic E-state index is 11.5. The average Bonchev–Trinajstić information content (AvgIpc) is 2.19. The van der Waals surface area contributed by atoms with Crippen molar-refractivity contribution in [2.45, 2.75) is 13.8 Å². The third-order valence-electron chi connectivity index (χ3n) is 1.71. The molecule has 75 valence electrons. The normalized spacial score (nSPS) is 9.57. The molecule has 0 unspecified atom stereocenters. The van der Waals surface area contributed by atoms with Crippen LogP contribution in [0.5, 0.6) is 5.75 Å². The number of amides is 1. The van der Waals surface area contributed by atoms with Crippen LogP contribution in [0.1, 0.15) is 24.2 Å². The van der Waals surface area contributed by atoms with Crippen LogP contribution in [-0.4, -0.2) is 12.5 Å². The molecular formula is C11H14NO2. The van der Waals surface area contributed by atoms with Gasteiger partial charge in [-0.15, -0.1) is 0 Å². The minimum Gasteiger partial charge on any atom is -0.493 e. The number of carbonyl (C=O) groups is 1. The predicted octanol–water partition coefficient (Wildman–Crippen LogP) is 2.00. The molecule has 1 amide bonds. The van der Waals surface area contributed by atoms with Crippen LogP contribution in [0, 0.1) is 6.54 Å². The summed E-state index contributed by atoms with van der Waals surface area (Å²) >= 11 is 0. The van der Waals surface area contributed by atoms with Gasteiger partial charge in [0.05, 0.1) is 12.2 Å². The van der Waals surface area contributed by atoms with E-state index in [1.807, 2.05) is 19.1 Å². The highest BCUT2D eigenvalue weighted by molar-refractivity contribution is 5.97. The van der Waals surface area contributed by atoms with E-state index in [1.165, 1.54) is 0 Å². The fourth-order valence-corrected chi connectivity index (χ4v) is 1.14. The molecule has 0 bridgehead atoms. The smallest absolute Gasteiger partial charge is 0.255 e. The lowest BCUT2D eigenvalue weighted by Gasteiger charge is -2.08. The van der Waals surface area contributed by atoms with Crippen LogP contribution in [-0.2, 0) is 0 Å². The van der Waals surface area contributed by atoms with Crippen LogP contribution in [0.25, 0.3) is 0 Å². The molecule has 0 aromatic heterocycles. The van der Waals surface area contributed by atoms with E-state index in [1.54, 1.807) is 25.6 Å². The second-order valence-corrected chi connectivity index (χ2v) is 2.69. The Hall–Kier alpha value is -1.51. The minimum absolute atomic E-state index is 0.142. The summed E-state index contributed by atoms with van der Waals surface area (Å²) < 4.78 is 5.33. The summed E-state index contributed by atoms with van der Waals surface area (Å²) in [6.07, 6.45) is 0. The van der Waals surface area contributed by atoms with Crippen molar-refractivity contribution < 1.29 is 9.53 Å². The van der Waals surface area contributed by atoms with E-state index in [0.29, 0.717) is 17.9 Å². The zero-order valence-corrected chi connectivity index (χ0v) is 8.41. The van der Waals surface area contributed by atoms with E-state index in [2.05, 4.69) is 5.32 Å². The number of hydrogen-bond acceptors (Lipinski definition) is 2. The van der Waals surface area contributed by atoms with Crippen LogP contribution in [0.4, 0.5) is 0 Å². The number of hydrogen-bond donors (Lipinski definition) is 1. The van der Waals surface area contributed by atoms with Gasteiger partial charge in [-0.1, -0.05) is 12.1 Å². The van der Waals surface area contributed by atoms with Gasteiger partial charge in [-0.05, 0) is 26.0 Å². The first-order chi connectivity index (χ1) is 6.79. The lowest BCUT2D eigenvalue weighted by Crippen LogP contribution is -2.20. The van der Waals surface area contributed by atoms with Crippen LogP contribution in [0.2, 0.25) is 0 Å². The summed E-state index contributed by atoms with van der Waals surface area (Å²) in [5, 5.41) is 2.62. The van der Waals surface area contributed by atoms with Crippen molar-refractivity contribution in [3.63, 3.8) is 0 Å². The van der Waals surface area contributed by atoms with Crippen LogP contribution >= 0.6 is 0 Å². The van der Waals surface area contributed by atoms with Gasteiger partial charge in [-0.25, -0.2) is 0 Å². The second-order valence-electron chi connectivity index (χ2n) is 2.69. The van der Waals surface area contributed by atoms with Crippen molar-refractivity contribution >= 4 is 5.91 Å². The lowest BCUT2D eigenvalue weighted by atomic mass is 10.2. The lowest BCUT2D eigenvalue weighted by molar-refractivity contribution is 0.0960. The molecule has 0 aliphatic carbocycles. The van der Waals surface area contributed by atoms with Crippen molar-refractivity contribution in [1.29, 1.82) is 0 Å². The van der Waals surface area contributed by atoms with Gasteiger partial charge >= 0.3 is 0 Å². The number of benzene rings is 1. The highest BCUT2D eigenvalue weighted by Crippen LogP contribution is 2.17. The Kier molecular flexibility index (Phi) is 3.98. The Morgan fingerprint density at radius 2 is 2.21 bits per heavy atom. The molecule has 1 aromatic rings. The summed E-state index contributed by atoms with van der Waals surface area (Å²) in [6, 6.07) is 7.18. The topological polar surface area (TPSA) is 38.3 Å². The first-order valence-corrected chi connectivity index (χ1v) is 4.60. The van der Waals surface area contributed by atoms with Crippen molar-refractivity contribution in [2.75, 3.05) is 6.61 Å². The molecule has 1 rings (SSSR count). The van der Waals surface area contributed by atoms with E-state index in [9.17, 15) is 4.79 Å². The molecule has 1 radical (unpaired) electrons. The fourth-order valence-electron chi connectivity index (χ4n) is 1.14. The monoisotopic (exact) mass is 192 g/mol. The molecule has 0 heterocycles. The van der Waals surface area contributed by atoms with Gasteiger partial charge in [0.25, 0.3) is 5.91 Å². The van der Waals surface area contributed by atoms with Crippen molar-refractivity contribution in [3.8, 4) is 5.75 Å². The Balaban J connectivity index is 2.88. The van der Waals surface area contributed by atoms with Gasteiger partial charge in [-0.3, -0.25) is 4.79 Å². The number of carbonyl (C=O) groups excluding carboxylic acids is 1. The maximum atomic E-state index is 11.5. The van der Waals surface area contributed by atoms with Crippen LogP contribution in [0.15, 0.2) is 24.3 Å². The third kappa shape index (κ3) is 2.49. The average molecular weight is 192 g/mol. The fraction of sp³-hybridized carbons (Fsp3) is 0.273. The molecule has 0 spiro atoms. The quantitative estimate of drug-likeness (QED) is 0.792. The highest BCUT2D eigenvalue weighted by atomic mass is 16.5. The zero-order valence-electron chi connectivity index (χ0n) is 8.41. The molecule has 0 aliphatic rings. The molecule has 3 heteroatoms. The summed E-state index contributed by atoms with van der Waals surface area (Å²) in [5.74, 6) is 0.478. The SMILES string of the molecule is C[CH]NC(=O)c1ccccc1OCC. The van der Waals surface area contributed by atoms with E-state index in [0.717, 1.165) is 0 Å². The molecular weight excluding hydrogens is 178 g/mol. The van der Waals surface area contributed by atoms with Gasteiger partial charge in [0, 0.05) is 6.54 Å². The molecule has 0 aliphatic heterocycles. The van der Waals surface area contributed by atoms with E-state index >= 15 is 0 Å². The van der Waals surface area contributed by atoms with Gasteiger partial charge in [0.15, 0.2) is 0 Å². The van der Waals surface area contributed by atoms with Gasteiger partial charge in [0.2, 0.25) is 0 Å². The Morgan fingerprint density at radius 3 is 2.86 bits per heavy atom. The summed E-state index contributed by atoms with van der Waals surface area (Å²) in [4.78, 5) is 11.5. The molecule has 0 atom stereocenters. The van der Waals surface area contributed by atoms with Gasteiger partial charge in [-0.2, -0.15) is 0 Å². The summed E-state index contributed by atoms with van der Waals surface area (Å²) in [6.45, 7) is 5.81. The third-order valence-corrected chi connectivity index (χ3v) is 1.71. The molecule has 3 nitrogen and oxygen atoms in total. The summed E-state index contributed by atoms with van der Waals surface area (Å²) in [7, 11) is 0. The van der Waals surface area contributed by atoms with Crippen molar-refractivity contribution in [2.24, 2.45) is 0 Å². The standard InChI is InChI=1S/C11H14NO2/c1-3-12-11(13)9-7-5-6-8-10(9)14-4-2/h3,5-8H,4H2,1-2H3,(H,12,13). The number of ether oxygens (including phenoxy) is 1. The zero-order chi connectivity index (χ0) is 10.4. The van der Waals surface area contributed by atoms with Crippen molar-refractivity contribution in [3.05, 3.63) is 36.4 Å². The van der Waals surface area contributed by atoms with Crippen molar-refractivity contribution in [1.82, 2.24) is 5.32 Å². The van der Waals surface area contributed by atoms with Gasteiger partial charge < -0.3 is 10.1 Å². The Labute approximate surface area is 84.1 Å². The number of nitrogens with one attached hydrogen (secondary N) is 1. The maximum Gasteiger partial charge on any atom is 0.255 e. The predicted molar refractivity (Wildman–Crippen MR) is 55.1 cm³/mol. The first-order valence-electron chi connectivity index (χ1n) is 4.60. The first kappa shape index (κ1) is 10.6. The highest BCUT2D eigenvalue weighted by Gasteiger charge is 2.09. The molecule has 14 heavy (non-hydrogen) atoms. The van der Waals surface area contributed by atoms with E-state index in [4.69, 9.17) is 4.74 Å².